The third-order valence-electron chi connectivity index (χ3n) is 4.87. The highest BCUT2D eigenvalue weighted by Gasteiger charge is 2.13. The molecule has 152 valence electrons. The Morgan fingerprint density at radius 1 is 1.14 bits per heavy atom. The summed E-state index contributed by atoms with van der Waals surface area (Å²) in [5, 5.41) is 21.3. The third kappa shape index (κ3) is 6.03. The Bertz CT molecular complexity index is 770. The normalized spacial score (nSPS) is 14.7. The van der Waals surface area contributed by atoms with Crippen LogP contribution in [0.3, 0.4) is 0 Å². The fraction of sp³-hybridized carbons (Fsp3) is 0.474. The van der Waals surface area contributed by atoms with Gasteiger partial charge in [0.2, 0.25) is 0 Å². The molecule has 1 heterocycles. The Kier molecular flexibility index (Phi) is 8.41. The van der Waals surface area contributed by atoms with E-state index < -0.39 is 4.92 Å². The quantitative estimate of drug-likeness (QED) is 0.317. The van der Waals surface area contributed by atoms with Crippen molar-refractivity contribution in [1.82, 2.24) is 20.4 Å². The van der Waals surface area contributed by atoms with Crippen molar-refractivity contribution in [3.8, 4) is 5.69 Å². The molecule has 28 heavy (non-hydrogen) atoms. The fourth-order valence-corrected chi connectivity index (χ4v) is 3.35. The Labute approximate surface area is 170 Å². The van der Waals surface area contributed by atoms with Crippen LogP contribution in [0.1, 0.15) is 48.9 Å². The lowest BCUT2D eigenvalue weighted by Gasteiger charge is -2.16. The van der Waals surface area contributed by atoms with Crippen molar-refractivity contribution in [2.75, 3.05) is 13.1 Å². The minimum absolute atomic E-state index is 0. The Morgan fingerprint density at radius 3 is 2.46 bits per heavy atom. The van der Waals surface area contributed by atoms with Gasteiger partial charge in [0.05, 0.1) is 22.4 Å². The van der Waals surface area contributed by atoms with Crippen molar-refractivity contribution in [2.45, 2.75) is 44.6 Å². The van der Waals surface area contributed by atoms with E-state index in [-0.39, 0.29) is 24.0 Å². The molecule has 0 saturated heterocycles. The number of non-ortho nitro benzene ring substituents is 1. The van der Waals surface area contributed by atoms with Crippen LogP contribution >= 0.6 is 12.4 Å². The highest BCUT2D eigenvalue weighted by atomic mass is 35.5. The summed E-state index contributed by atoms with van der Waals surface area (Å²) in [6, 6.07) is 6.59. The Hall–Kier alpha value is -2.45. The molecule has 0 atom stereocenters. The second kappa shape index (κ2) is 10.8. The second-order valence-corrected chi connectivity index (χ2v) is 6.85. The number of hydrogen-bond acceptors (Lipinski definition) is 5. The average molecular weight is 408 g/mol. The number of carbonyl (C=O) groups excluding carboxylic acids is 1. The molecule has 1 aliphatic carbocycles. The van der Waals surface area contributed by atoms with E-state index in [2.05, 4.69) is 15.7 Å². The first kappa shape index (κ1) is 21.8. The molecule has 1 fully saturated rings. The van der Waals surface area contributed by atoms with Crippen molar-refractivity contribution in [2.24, 2.45) is 0 Å². The van der Waals surface area contributed by atoms with Crippen molar-refractivity contribution in [1.29, 1.82) is 0 Å². The number of amides is 1. The van der Waals surface area contributed by atoms with Crippen LogP contribution in [-0.4, -0.2) is 39.7 Å². The van der Waals surface area contributed by atoms with E-state index in [1.54, 1.807) is 18.3 Å². The maximum atomic E-state index is 12.3. The van der Waals surface area contributed by atoms with Gasteiger partial charge in [0.15, 0.2) is 0 Å². The van der Waals surface area contributed by atoms with Crippen LogP contribution in [0.4, 0.5) is 5.69 Å². The van der Waals surface area contributed by atoms with Gasteiger partial charge in [-0.3, -0.25) is 14.9 Å². The van der Waals surface area contributed by atoms with E-state index in [4.69, 9.17) is 0 Å². The van der Waals surface area contributed by atoms with E-state index in [0.29, 0.717) is 23.8 Å². The molecule has 1 aliphatic rings. The van der Waals surface area contributed by atoms with Crippen LogP contribution in [0.5, 0.6) is 0 Å². The van der Waals surface area contributed by atoms with Crippen LogP contribution in [-0.2, 0) is 0 Å². The molecule has 0 radical (unpaired) electrons. The molecular formula is C19H26ClN5O3. The van der Waals surface area contributed by atoms with E-state index in [0.717, 1.165) is 6.54 Å². The van der Waals surface area contributed by atoms with Crippen LogP contribution in [0, 0.1) is 10.1 Å². The number of halogens is 1. The van der Waals surface area contributed by atoms with Crippen molar-refractivity contribution < 1.29 is 9.72 Å². The first-order valence-electron chi connectivity index (χ1n) is 9.44. The molecule has 1 aromatic heterocycles. The molecule has 2 N–H and O–H groups in total. The summed E-state index contributed by atoms with van der Waals surface area (Å²) in [6.07, 6.45) is 10.8. The summed E-state index contributed by atoms with van der Waals surface area (Å²) >= 11 is 0. The molecule has 9 heteroatoms. The van der Waals surface area contributed by atoms with E-state index in [9.17, 15) is 14.9 Å². The Balaban J connectivity index is 0.00000280. The lowest BCUT2D eigenvalue weighted by atomic mass is 10.1. The lowest BCUT2D eigenvalue weighted by Crippen LogP contribution is -2.36. The number of rotatable bonds is 7. The number of nitro benzene ring substituents is 1. The number of nitrogens with zero attached hydrogens (tertiary/aromatic N) is 3. The molecule has 8 nitrogen and oxygen atoms in total. The monoisotopic (exact) mass is 407 g/mol. The molecule has 0 unspecified atom stereocenters. The van der Waals surface area contributed by atoms with Gasteiger partial charge in [-0.25, -0.2) is 4.68 Å². The number of hydrogen-bond donors (Lipinski definition) is 2. The number of nitrogens with one attached hydrogen (secondary N) is 2. The second-order valence-electron chi connectivity index (χ2n) is 6.85. The highest BCUT2D eigenvalue weighted by molar-refractivity contribution is 5.93. The SMILES string of the molecule is Cl.O=C(NCCNC1CCCCCC1)c1cnn(-c2ccc([N+](=O)[O-])cc2)c1. The summed E-state index contributed by atoms with van der Waals surface area (Å²) in [4.78, 5) is 22.5. The van der Waals surface area contributed by atoms with Gasteiger partial charge in [-0.1, -0.05) is 25.7 Å². The lowest BCUT2D eigenvalue weighted by molar-refractivity contribution is -0.384. The largest absolute Gasteiger partial charge is 0.351 e. The summed E-state index contributed by atoms with van der Waals surface area (Å²) in [5.41, 5.74) is 1.14. The van der Waals surface area contributed by atoms with Crippen LogP contribution in [0.2, 0.25) is 0 Å². The van der Waals surface area contributed by atoms with Gasteiger partial charge in [-0.15, -0.1) is 12.4 Å². The minimum atomic E-state index is -0.450. The fourth-order valence-electron chi connectivity index (χ4n) is 3.35. The summed E-state index contributed by atoms with van der Waals surface area (Å²) in [7, 11) is 0. The van der Waals surface area contributed by atoms with Gasteiger partial charge in [0.25, 0.3) is 11.6 Å². The highest BCUT2D eigenvalue weighted by Crippen LogP contribution is 2.17. The zero-order valence-corrected chi connectivity index (χ0v) is 16.5. The van der Waals surface area contributed by atoms with E-state index in [1.807, 2.05) is 0 Å². The van der Waals surface area contributed by atoms with Gasteiger partial charge in [-0.2, -0.15) is 5.10 Å². The summed E-state index contributed by atoms with van der Waals surface area (Å²) < 4.78 is 1.53. The molecule has 3 rings (SSSR count). The molecule has 1 aromatic carbocycles. The van der Waals surface area contributed by atoms with Gasteiger partial charge in [-0.05, 0) is 25.0 Å². The van der Waals surface area contributed by atoms with Gasteiger partial charge >= 0.3 is 0 Å². The van der Waals surface area contributed by atoms with Crippen molar-refractivity contribution in [3.63, 3.8) is 0 Å². The minimum Gasteiger partial charge on any atom is -0.351 e. The molecule has 0 bridgehead atoms. The van der Waals surface area contributed by atoms with Crippen molar-refractivity contribution >= 4 is 24.0 Å². The van der Waals surface area contributed by atoms with Gasteiger partial charge in [0.1, 0.15) is 0 Å². The van der Waals surface area contributed by atoms with Crippen LogP contribution in [0.25, 0.3) is 5.69 Å². The summed E-state index contributed by atoms with van der Waals surface area (Å²) in [5.74, 6) is -0.175. The molecule has 0 spiro atoms. The van der Waals surface area contributed by atoms with Crippen LogP contribution in [0.15, 0.2) is 36.7 Å². The third-order valence-corrected chi connectivity index (χ3v) is 4.87. The van der Waals surface area contributed by atoms with E-state index in [1.165, 1.54) is 61.5 Å². The topological polar surface area (TPSA) is 102 Å². The molecule has 1 saturated carbocycles. The zero-order chi connectivity index (χ0) is 19.1. The average Bonchev–Trinajstić information content (AvgIpc) is 3.03. The van der Waals surface area contributed by atoms with E-state index >= 15 is 0 Å². The number of carbonyl (C=O) groups is 1. The molecule has 0 aliphatic heterocycles. The predicted octanol–water partition coefficient (Wildman–Crippen LogP) is 3.24. The number of benzene rings is 1. The summed E-state index contributed by atoms with van der Waals surface area (Å²) in [6.45, 7) is 1.32. The first-order valence-corrected chi connectivity index (χ1v) is 9.44. The maximum Gasteiger partial charge on any atom is 0.269 e. The smallest absolute Gasteiger partial charge is 0.269 e. The predicted molar refractivity (Wildman–Crippen MR) is 109 cm³/mol. The standard InChI is InChI=1S/C19H25N5O3.ClH/c25-19(21-12-11-20-16-5-3-1-2-4-6-16)15-13-22-23(14-15)17-7-9-18(10-8-17)24(26)27;/h7-10,13-14,16,20H,1-6,11-12H2,(H,21,25);1H. The Morgan fingerprint density at radius 2 is 1.82 bits per heavy atom. The van der Waals surface area contributed by atoms with Crippen molar-refractivity contribution in [3.05, 3.63) is 52.3 Å². The molecule has 1 amide bonds. The number of aromatic nitrogens is 2. The first-order chi connectivity index (χ1) is 13.1. The van der Waals surface area contributed by atoms with Crippen LogP contribution < -0.4 is 10.6 Å². The van der Waals surface area contributed by atoms with Gasteiger partial charge < -0.3 is 10.6 Å². The maximum absolute atomic E-state index is 12.3. The van der Waals surface area contributed by atoms with Gasteiger partial charge in [0, 0.05) is 37.5 Å². The zero-order valence-electron chi connectivity index (χ0n) is 15.7. The molecular weight excluding hydrogens is 382 g/mol. The number of nitro groups is 1. The molecule has 2 aromatic rings.